The molecule has 0 amide bonds. The topological polar surface area (TPSA) is 38.0 Å². The van der Waals surface area contributed by atoms with Crippen molar-refractivity contribution in [3.63, 3.8) is 0 Å². The van der Waals surface area contributed by atoms with Crippen LogP contribution in [-0.2, 0) is 0 Å². The van der Waals surface area contributed by atoms with Gasteiger partial charge in [-0.1, -0.05) is 30.3 Å². The SMILES string of the molecule is N[C@H]1CC[C@H](NC2C[C@H]2c2ccccc2)CC1. The van der Waals surface area contributed by atoms with Crippen LogP contribution in [0.2, 0.25) is 0 Å². The van der Waals surface area contributed by atoms with Gasteiger partial charge in [-0.25, -0.2) is 0 Å². The molecule has 2 aliphatic carbocycles. The highest BCUT2D eigenvalue weighted by atomic mass is 15.0. The number of nitrogens with one attached hydrogen (secondary N) is 1. The van der Waals surface area contributed by atoms with E-state index in [0.717, 1.165) is 12.0 Å². The van der Waals surface area contributed by atoms with Gasteiger partial charge in [0, 0.05) is 24.0 Å². The Morgan fingerprint density at radius 3 is 2.41 bits per heavy atom. The summed E-state index contributed by atoms with van der Waals surface area (Å²) in [5, 5.41) is 3.81. The molecule has 1 unspecified atom stereocenters. The van der Waals surface area contributed by atoms with E-state index in [1.165, 1.54) is 37.7 Å². The second-order valence-corrected chi connectivity index (χ2v) is 5.64. The van der Waals surface area contributed by atoms with Crippen molar-refractivity contribution in [1.82, 2.24) is 5.32 Å². The Labute approximate surface area is 104 Å². The predicted octanol–water partition coefficient (Wildman–Crippen LogP) is 2.40. The first kappa shape index (κ1) is 11.2. The number of nitrogens with two attached hydrogens (primary N) is 1. The molecule has 0 radical (unpaired) electrons. The Hall–Kier alpha value is -0.860. The number of rotatable bonds is 3. The van der Waals surface area contributed by atoms with E-state index in [2.05, 4.69) is 35.6 Å². The molecule has 2 aliphatic rings. The molecule has 0 aliphatic heterocycles. The van der Waals surface area contributed by atoms with E-state index in [9.17, 15) is 0 Å². The van der Waals surface area contributed by atoms with Crippen LogP contribution in [0, 0.1) is 0 Å². The first-order valence-corrected chi connectivity index (χ1v) is 6.89. The van der Waals surface area contributed by atoms with Crippen molar-refractivity contribution in [1.29, 1.82) is 0 Å². The lowest BCUT2D eigenvalue weighted by atomic mass is 9.92. The molecule has 1 aromatic carbocycles. The van der Waals surface area contributed by atoms with E-state index >= 15 is 0 Å². The van der Waals surface area contributed by atoms with Crippen molar-refractivity contribution in [2.75, 3.05) is 0 Å². The van der Waals surface area contributed by atoms with Gasteiger partial charge in [0.1, 0.15) is 0 Å². The Bertz CT molecular complexity index is 354. The summed E-state index contributed by atoms with van der Waals surface area (Å²) < 4.78 is 0. The molecule has 3 N–H and O–H groups in total. The zero-order valence-electron chi connectivity index (χ0n) is 10.3. The smallest absolute Gasteiger partial charge is 0.0145 e. The first-order valence-electron chi connectivity index (χ1n) is 6.89. The zero-order chi connectivity index (χ0) is 11.7. The minimum Gasteiger partial charge on any atom is -0.328 e. The van der Waals surface area contributed by atoms with Gasteiger partial charge in [0.2, 0.25) is 0 Å². The van der Waals surface area contributed by atoms with E-state index in [0.29, 0.717) is 12.1 Å². The largest absolute Gasteiger partial charge is 0.328 e. The molecule has 2 nitrogen and oxygen atoms in total. The van der Waals surface area contributed by atoms with Gasteiger partial charge in [-0.15, -0.1) is 0 Å². The highest BCUT2D eigenvalue weighted by Crippen LogP contribution is 2.41. The molecule has 0 heterocycles. The molecule has 0 spiro atoms. The van der Waals surface area contributed by atoms with Gasteiger partial charge >= 0.3 is 0 Å². The van der Waals surface area contributed by atoms with Crippen LogP contribution in [0.1, 0.15) is 43.6 Å². The fourth-order valence-corrected chi connectivity index (χ4v) is 3.04. The summed E-state index contributed by atoms with van der Waals surface area (Å²) in [5.74, 6) is 0.756. The number of hydrogen-bond donors (Lipinski definition) is 2. The molecule has 3 rings (SSSR count). The number of hydrogen-bond acceptors (Lipinski definition) is 2. The lowest BCUT2D eigenvalue weighted by molar-refractivity contribution is 0.339. The highest BCUT2D eigenvalue weighted by molar-refractivity contribution is 5.27. The van der Waals surface area contributed by atoms with Crippen molar-refractivity contribution < 1.29 is 0 Å². The van der Waals surface area contributed by atoms with Crippen LogP contribution in [0.3, 0.4) is 0 Å². The van der Waals surface area contributed by atoms with Gasteiger partial charge in [0.25, 0.3) is 0 Å². The van der Waals surface area contributed by atoms with Crippen molar-refractivity contribution in [3.05, 3.63) is 35.9 Å². The molecule has 0 aromatic heterocycles. The summed E-state index contributed by atoms with van der Waals surface area (Å²) in [6.45, 7) is 0. The van der Waals surface area contributed by atoms with Crippen LogP contribution >= 0.6 is 0 Å². The summed E-state index contributed by atoms with van der Waals surface area (Å²) in [5.41, 5.74) is 7.43. The van der Waals surface area contributed by atoms with E-state index in [4.69, 9.17) is 5.73 Å². The lowest BCUT2D eigenvalue weighted by Crippen LogP contribution is -2.38. The molecule has 92 valence electrons. The highest BCUT2D eigenvalue weighted by Gasteiger charge is 2.39. The van der Waals surface area contributed by atoms with Crippen LogP contribution in [0.25, 0.3) is 0 Å². The van der Waals surface area contributed by atoms with Crippen LogP contribution < -0.4 is 11.1 Å². The summed E-state index contributed by atoms with van der Waals surface area (Å²) in [6.07, 6.45) is 6.23. The normalized spacial score (nSPS) is 36.8. The van der Waals surface area contributed by atoms with E-state index < -0.39 is 0 Å². The molecular weight excluding hydrogens is 208 g/mol. The first-order chi connectivity index (χ1) is 8.33. The van der Waals surface area contributed by atoms with Gasteiger partial charge in [-0.2, -0.15) is 0 Å². The molecule has 2 atom stereocenters. The Kier molecular flexibility index (Phi) is 3.17. The molecule has 2 saturated carbocycles. The Balaban J connectivity index is 1.49. The molecule has 2 heteroatoms. The maximum atomic E-state index is 5.93. The molecule has 17 heavy (non-hydrogen) atoms. The van der Waals surface area contributed by atoms with Gasteiger partial charge in [-0.3, -0.25) is 0 Å². The number of benzene rings is 1. The third-order valence-corrected chi connectivity index (χ3v) is 4.24. The summed E-state index contributed by atoms with van der Waals surface area (Å²) in [7, 11) is 0. The summed E-state index contributed by atoms with van der Waals surface area (Å²) >= 11 is 0. The summed E-state index contributed by atoms with van der Waals surface area (Å²) in [6, 6.07) is 12.8. The van der Waals surface area contributed by atoms with E-state index in [1.807, 2.05) is 0 Å². The average Bonchev–Trinajstić information content (AvgIpc) is 3.13. The van der Waals surface area contributed by atoms with Crippen LogP contribution in [0.5, 0.6) is 0 Å². The molecule has 0 bridgehead atoms. The monoisotopic (exact) mass is 230 g/mol. The van der Waals surface area contributed by atoms with Crippen LogP contribution in [0.4, 0.5) is 0 Å². The fraction of sp³-hybridized carbons (Fsp3) is 0.600. The second-order valence-electron chi connectivity index (χ2n) is 5.64. The summed E-state index contributed by atoms with van der Waals surface area (Å²) in [4.78, 5) is 0. The van der Waals surface area contributed by atoms with Gasteiger partial charge in [0.15, 0.2) is 0 Å². The lowest BCUT2D eigenvalue weighted by Gasteiger charge is -2.27. The minimum atomic E-state index is 0.456. The van der Waals surface area contributed by atoms with Gasteiger partial charge in [-0.05, 0) is 37.7 Å². The standard InChI is InChI=1S/C15H22N2/c16-12-6-8-13(9-7-12)17-15-10-14(15)11-4-2-1-3-5-11/h1-5,12-15,17H,6-10,16H2/t12-,13-,14-,15?/m0/s1. The Morgan fingerprint density at radius 1 is 1.00 bits per heavy atom. The molecule has 1 aromatic rings. The van der Waals surface area contributed by atoms with Crippen molar-refractivity contribution >= 4 is 0 Å². The van der Waals surface area contributed by atoms with Crippen LogP contribution in [0.15, 0.2) is 30.3 Å². The quantitative estimate of drug-likeness (QED) is 0.837. The zero-order valence-corrected chi connectivity index (χ0v) is 10.3. The fourth-order valence-electron chi connectivity index (χ4n) is 3.04. The molecule has 2 fully saturated rings. The molecular formula is C15H22N2. The van der Waals surface area contributed by atoms with Crippen molar-refractivity contribution in [2.45, 2.75) is 56.1 Å². The van der Waals surface area contributed by atoms with Crippen molar-refractivity contribution in [2.24, 2.45) is 5.73 Å². The van der Waals surface area contributed by atoms with E-state index in [1.54, 1.807) is 0 Å². The van der Waals surface area contributed by atoms with Gasteiger partial charge < -0.3 is 11.1 Å². The van der Waals surface area contributed by atoms with E-state index in [-0.39, 0.29) is 0 Å². The average molecular weight is 230 g/mol. The van der Waals surface area contributed by atoms with Gasteiger partial charge in [0.05, 0.1) is 0 Å². The third-order valence-electron chi connectivity index (χ3n) is 4.24. The molecule has 0 saturated heterocycles. The predicted molar refractivity (Wildman–Crippen MR) is 71.0 cm³/mol. The maximum Gasteiger partial charge on any atom is 0.0145 e. The maximum absolute atomic E-state index is 5.93. The second kappa shape index (κ2) is 4.79. The van der Waals surface area contributed by atoms with Crippen LogP contribution in [-0.4, -0.2) is 18.1 Å². The van der Waals surface area contributed by atoms with Crippen molar-refractivity contribution in [3.8, 4) is 0 Å². The Morgan fingerprint density at radius 2 is 1.71 bits per heavy atom. The minimum absolute atomic E-state index is 0.456. The third kappa shape index (κ3) is 2.70.